The summed E-state index contributed by atoms with van der Waals surface area (Å²) in [5, 5.41) is 0. The Kier molecular flexibility index (Phi) is 4.56. The highest BCUT2D eigenvalue weighted by atomic mass is 32.2. The molecule has 4 heteroatoms. The summed E-state index contributed by atoms with van der Waals surface area (Å²) in [5.74, 6) is 5.13. The first kappa shape index (κ1) is 15.7. The van der Waals surface area contributed by atoms with E-state index < -0.39 is 10.0 Å². The van der Waals surface area contributed by atoms with Gasteiger partial charge in [-0.15, -0.1) is 6.42 Å². The summed E-state index contributed by atoms with van der Waals surface area (Å²) in [5.41, 5.74) is 1.83. The lowest BCUT2D eigenvalue weighted by Gasteiger charge is -2.19. The molecule has 0 bridgehead atoms. The minimum Gasteiger partial charge on any atom is -0.200 e. The molecule has 0 aliphatic rings. The Morgan fingerprint density at radius 2 is 1.68 bits per heavy atom. The van der Waals surface area contributed by atoms with E-state index in [1.807, 2.05) is 6.92 Å². The van der Waals surface area contributed by atoms with Crippen molar-refractivity contribution in [3.8, 4) is 24.3 Å². The highest BCUT2D eigenvalue weighted by Gasteiger charge is 2.25. The Hall–Kier alpha value is -2.69. The number of anilines is 1. The van der Waals surface area contributed by atoms with E-state index in [9.17, 15) is 8.42 Å². The molecular weight excluding hydrogens is 294 g/mol. The predicted octanol–water partition coefficient (Wildman–Crippen LogP) is 3.15. The molecular formula is C18H15NO2S. The molecule has 2 rings (SSSR count). The number of terminal acetylenes is 1. The molecule has 0 amide bonds. The van der Waals surface area contributed by atoms with Gasteiger partial charge in [0.1, 0.15) is 0 Å². The number of para-hydroxylation sites is 1. The van der Waals surface area contributed by atoms with Gasteiger partial charge in [0, 0.05) is 11.6 Å². The standard InChI is InChI=1S/C18H15NO2S/c1-4-14-19(18-9-7-6-8-16(18)5-2)22(20,21)17-12-10-15(3)11-13-17/h2,6-13H,1,3H3. The van der Waals surface area contributed by atoms with Gasteiger partial charge in [0.15, 0.2) is 0 Å². The highest BCUT2D eigenvalue weighted by Crippen LogP contribution is 2.26. The van der Waals surface area contributed by atoms with Crippen molar-refractivity contribution in [1.82, 2.24) is 0 Å². The van der Waals surface area contributed by atoms with E-state index in [-0.39, 0.29) is 4.90 Å². The fourth-order valence-corrected chi connectivity index (χ4v) is 3.26. The predicted molar refractivity (Wildman–Crippen MR) is 88.7 cm³/mol. The molecule has 2 aromatic rings. The second kappa shape index (κ2) is 6.39. The number of benzene rings is 2. The summed E-state index contributed by atoms with van der Waals surface area (Å²) >= 11 is 0. The normalized spacial score (nSPS) is 10.2. The van der Waals surface area contributed by atoms with Crippen LogP contribution in [0.3, 0.4) is 0 Å². The number of hydrogen-bond donors (Lipinski definition) is 0. The summed E-state index contributed by atoms with van der Waals surface area (Å²) in [6.07, 6.45) is 5.47. The van der Waals surface area contributed by atoms with Gasteiger partial charge in [-0.3, -0.25) is 0 Å². The quantitative estimate of drug-likeness (QED) is 0.645. The zero-order valence-electron chi connectivity index (χ0n) is 12.4. The van der Waals surface area contributed by atoms with E-state index in [4.69, 9.17) is 6.42 Å². The summed E-state index contributed by atoms with van der Waals surface area (Å²) in [4.78, 5) is 0.174. The first-order valence-electron chi connectivity index (χ1n) is 6.60. The molecule has 0 spiro atoms. The van der Waals surface area contributed by atoms with E-state index in [1.165, 1.54) is 0 Å². The number of sulfonamides is 1. The monoisotopic (exact) mass is 309 g/mol. The van der Waals surface area contributed by atoms with Crippen LogP contribution in [0.1, 0.15) is 18.1 Å². The van der Waals surface area contributed by atoms with Crippen LogP contribution < -0.4 is 4.31 Å². The number of aryl methyl sites for hydroxylation is 1. The molecule has 0 N–H and O–H groups in total. The van der Waals surface area contributed by atoms with E-state index in [0.717, 1.165) is 9.87 Å². The lowest BCUT2D eigenvalue weighted by molar-refractivity contribution is 0.596. The van der Waals surface area contributed by atoms with Crippen molar-refractivity contribution in [3.63, 3.8) is 0 Å². The van der Waals surface area contributed by atoms with Crippen LogP contribution in [0, 0.1) is 31.2 Å². The van der Waals surface area contributed by atoms with Crippen molar-refractivity contribution in [3.05, 3.63) is 59.7 Å². The van der Waals surface area contributed by atoms with Crippen molar-refractivity contribution in [2.75, 3.05) is 4.31 Å². The molecule has 0 saturated carbocycles. The van der Waals surface area contributed by atoms with E-state index in [1.54, 1.807) is 55.5 Å². The molecule has 0 heterocycles. The summed E-state index contributed by atoms with van der Waals surface area (Å²) in [7, 11) is -3.80. The summed E-state index contributed by atoms with van der Waals surface area (Å²) in [6, 6.07) is 16.1. The van der Waals surface area contributed by atoms with Gasteiger partial charge in [-0.25, -0.2) is 8.42 Å². The van der Waals surface area contributed by atoms with Gasteiger partial charge in [-0.05, 0) is 38.1 Å². The van der Waals surface area contributed by atoms with Crippen LogP contribution in [0.15, 0.2) is 53.4 Å². The molecule has 0 atom stereocenters. The average molecular weight is 309 g/mol. The third-order valence-corrected chi connectivity index (χ3v) is 4.69. The van der Waals surface area contributed by atoms with Gasteiger partial charge >= 0.3 is 0 Å². The van der Waals surface area contributed by atoms with Crippen molar-refractivity contribution in [2.45, 2.75) is 18.7 Å². The molecule has 0 aliphatic heterocycles. The molecule has 0 saturated heterocycles. The molecule has 0 unspecified atom stereocenters. The first-order valence-corrected chi connectivity index (χ1v) is 8.04. The van der Waals surface area contributed by atoms with Crippen molar-refractivity contribution in [1.29, 1.82) is 0 Å². The average Bonchev–Trinajstić information content (AvgIpc) is 2.53. The van der Waals surface area contributed by atoms with Gasteiger partial charge in [-0.2, -0.15) is 4.31 Å². The molecule has 2 aromatic carbocycles. The molecule has 3 nitrogen and oxygen atoms in total. The highest BCUT2D eigenvalue weighted by molar-refractivity contribution is 7.93. The maximum atomic E-state index is 12.9. The fourth-order valence-electron chi connectivity index (χ4n) is 1.94. The lowest BCUT2D eigenvalue weighted by atomic mass is 10.2. The maximum Gasteiger partial charge on any atom is 0.275 e. The van der Waals surface area contributed by atoms with Crippen LogP contribution in [-0.4, -0.2) is 8.42 Å². The second-order valence-corrected chi connectivity index (χ2v) is 6.39. The number of rotatable bonds is 3. The third kappa shape index (κ3) is 2.98. The zero-order chi connectivity index (χ0) is 16.2. The van der Waals surface area contributed by atoms with Crippen LogP contribution in [0.25, 0.3) is 0 Å². The van der Waals surface area contributed by atoms with Gasteiger partial charge in [0.05, 0.1) is 10.6 Å². The summed E-state index contributed by atoms with van der Waals surface area (Å²) < 4.78 is 26.7. The fraction of sp³-hybridized carbons (Fsp3) is 0.111. The zero-order valence-corrected chi connectivity index (χ0v) is 13.2. The van der Waals surface area contributed by atoms with E-state index >= 15 is 0 Å². The number of hydrogen-bond acceptors (Lipinski definition) is 2. The topological polar surface area (TPSA) is 37.4 Å². The second-order valence-electron chi connectivity index (χ2n) is 4.61. The van der Waals surface area contributed by atoms with Gasteiger partial charge in [0.2, 0.25) is 0 Å². The van der Waals surface area contributed by atoms with Crippen LogP contribution >= 0.6 is 0 Å². The van der Waals surface area contributed by atoms with E-state index in [0.29, 0.717) is 11.3 Å². The molecule has 22 heavy (non-hydrogen) atoms. The van der Waals surface area contributed by atoms with E-state index in [2.05, 4.69) is 17.9 Å². The Morgan fingerprint density at radius 1 is 1.05 bits per heavy atom. The Morgan fingerprint density at radius 3 is 2.27 bits per heavy atom. The Labute approximate surface area is 131 Å². The van der Waals surface area contributed by atoms with Gasteiger partial charge in [0.25, 0.3) is 10.0 Å². The first-order chi connectivity index (χ1) is 10.5. The minimum atomic E-state index is -3.80. The molecule has 0 aliphatic carbocycles. The molecule has 0 radical (unpaired) electrons. The molecule has 110 valence electrons. The minimum absolute atomic E-state index is 0.174. The van der Waals surface area contributed by atoms with Crippen LogP contribution in [0.2, 0.25) is 0 Å². The SMILES string of the molecule is C#Cc1ccccc1N(C#CC)S(=O)(=O)c1ccc(C)cc1. The molecule has 0 aromatic heterocycles. The van der Waals surface area contributed by atoms with Crippen molar-refractivity contribution in [2.24, 2.45) is 0 Å². The Balaban J connectivity index is 2.63. The maximum absolute atomic E-state index is 12.9. The third-order valence-electron chi connectivity index (χ3n) is 3.05. The van der Waals surface area contributed by atoms with Gasteiger partial charge < -0.3 is 0 Å². The Bertz CT molecular complexity index is 879. The summed E-state index contributed by atoms with van der Waals surface area (Å²) in [6.45, 7) is 3.48. The molecule has 0 fully saturated rings. The van der Waals surface area contributed by atoms with Crippen LogP contribution in [-0.2, 0) is 10.0 Å². The largest absolute Gasteiger partial charge is 0.275 e. The van der Waals surface area contributed by atoms with Crippen LogP contribution in [0.5, 0.6) is 0 Å². The number of nitrogens with zero attached hydrogens (tertiary/aromatic N) is 1. The van der Waals surface area contributed by atoms with Crippen molar-refractivity contribution < 1.29 is 8.42 Å². The van der Waals surface area contributed by atoms with Crippen molar-refractivity contribution >= 4 is 15.7 Å². The van der Waals surface area contributed by atoms with Gasteiger partial charge in [-0.1, -0.05) is 41.7 Å². The van der Waals surface area contributed by atoms with Crippen LogP contribution in [0.4, 0.5) is 5.69 Å². The lowest BCUT2D eigenvalue weighted by Crippen LogP contribution is -2.27. The smallest absolute Gasteiger partial charge is 0.200 e.